The van der Waals surface area contributed by atoms with Crippen LogP contribution in [0.2, 0.25) is 0 Å². The van der Waals surface area contributed by atoms with Crippen LogP contribution in [0.25, 0.3) is 22.3 Å². The van der Waals surface area contributed by atoms with Crippen molar-refractivity contribution >= 4 is 0 Å². The standard InChI is InChI=1S/C54H56O6/c1-5-23-55-51-35-17-13-18-36(51)28-42-32-48-50(44-22-12-10-16-40(44)34-60-48)46(54(42)58-26-8-4)30-38-20-14-19-37(52(38)56-24-6-2)29-45-49-43-21-11-9-15-39(43)33-59-47(49)31-41(27-35)53(45)57-25-7-3/h9-22,31-32H,5-8,23-30,33-34H2,1-4H3. The molecule has 308 valence electrons. The minimum Gasteiger partial charge on any atom is -0.493 e. The van der Waals surface area contributed by atoms with Gasteiger partial charge in [-0.2, -0.15) is 0 Å². The van der Waals surface area contributed by atoms with Gasteiger partial charge in [0.05, 0.1) is 26.4 Å². The fourth-order valence-electron chi connectivity index (χ4n) is 9.18. The lowest BCUT2D eigenvalue weighted by Crippen LogP contribution is -2.14. The minimum absolute atomic E-state index is 0.523. The van der Waals surface area contributed by atoms with Gasteiger partial charge in [0.2, 0.25) is 0 Å². The van der Waals surface area contributed by atoms with E-state index in [9.17, 15) is 0 Å². The second kappa shape index (κ2) is 17.8. The van der Waals surface area contributed by atoms with Crippen LogP contribution in [-0.2, 0) is 38.9 Å². The summed E-state index contributed by atoms with van der Waals surface area (Å²) in [4.78, 5) is 0. The van der Waals surface area contributed by atoms with E-state index >= 15 is 0 Å². The minimum atomic E-state index is 0.523. The highest BCUT2D eigenvalue weighted by atomic mass is 16.5. The molecule has 0 saturated heterocycles. The number of benzene rings is 6. The third-order valence-electron chi connectivity index (χ3n) is 11.8. The Hall–Kier alpha value is -5.88. The Morgan fingerprint density at radius 1 is 0.383 bits per heavy atom. The van der Waals surface area contributed by atoms with Crippen LogP contribution in [0.3, 0.4) is 0 Å². The van der Waals surface area contributed by atoms with Crippen molar-refractivity contribution in [2.45, 2.75) is 92.3 Å². The van der Waals surface area contributed by atoms with Crippen LogP contribution in [0, 0.1) is 0 Å². The van der Waals surface area contributed by atoms with Crippen molar-refractivity contribution in [3.05, 3.63) is 153 Å². The van der Waals surface area contributed by atoms with Crippen LogP contribution >= 0.6 is 0 Å². The van der Waals surface area contributed by atoms with E-state index in [2.05, 4.69) is 125 Å². The first kappa shape index (κ1) is 39.6. The summed E-state index contributed by atoms with van der Waals surface area (Å²) < 4.78 is 41.0. The van der Waals surface area contributed by atoms with Crippen LogP contribution in [0.4, 0.5) is 0 Å². The largest absolute Gasteiger partial charge is 0.493 e. The summed E-state index contributed by atoms with van der Waals surface area (Å²) in [6, 6.07) is 35.0. The van der Waals surface area contributed by atoms with E-state index in [1.165, 1.54) is 22.3 Å². The first-order chi connectivity index (χ1) is 29.6. The maximum atomic E-state index is 6.94. The van der Waals surface area contributed by atoms with Crippen LogP contribution in [0.15, 0.2) is 97.1 Å². The fourth-order valence-corrected chi connectivity index (χ4v) is 9.18. The average Bonchev–Trinajstić information content (AvgIpc) is 3.27. The zero-order valence-corrected chi connectivity index (χ0v) is 35.6. The van der Waals surface area contributed by atoms with Crippen LogP contribution in [0.5, 0.6) is 34.5 Å². The van der Waals surface area contributed by atoms with Crippen LogP contribution in [0.1, 0.15) is 109 Å². The Morgan fingerprint density at radius 3 is 1.13 bits per heavy atom. The summed E-state index contributed by atoms with van der Waals surface area (Å²) in [6.07, 6.45) is 6.00. The molecule has 60 heavy (non-hydrogen) atoms. The summed E-state index contributed by atoms with van der Waals surface area (Å²) in [5.41, 5.74) is 15.8. The molecule has 1 aliphatic carbocycles. The first-order valence-corrected chi connectivity index (χ1v) is 22.1. The van der Waals surface area contributed by atoms with E-state index in [0.717, 1.165) is 116 Å². The number of para-hydroxylation sites is 2. The smallest absolute Gasteiger partial charge is 0.128 e. The van der Waals surface area contributed by atoms with Crippen molar-refractivity contribution < 1.29 is 28.4 Å². The molecular weight excluding hydrogens is 745 g/mol. The monoisotopic (exact) mass is 800 g/mol. The lowest BCUT2D eigenvalue weighted by atomic mass is 9.84. The molecule has 0 amide bonds. The van der Waals surface area contributed by atoms with Gasteiger partial charge in [-0.15, -0.1) is 0 Å². The predicted octanol–water partition coefficient (Wildman–Crippen LogP) is 12.6. The molecule has 8 bridgehead atoms. The van der Waals surface area contributed by atoms with Crippen LogP contribution < -0.4 is 28.4 Å². The van der Waals surface area contributed by atoms with Gasteiger partial charge in [0.15, 0.2) is 0 Å². The quantitative estimate of drug-likeness (QED) is 0.123. The van der Waals surface area contributed by atoms with Gasteiger partial charge in [0, 0.05) is 59.1 Å². The number of ether oxygens (including phenoxy) is 6. The fraction of sp³-hybridized carbons (Fsp3) is 0.333. The molecule has 0 aromatic heterocycles. The highest BCUT2D eigenvalue weighted by molar-refractivity contribution is 5.84. The third kappa shape index (κ3) is 7.57. The van der Waals surface area contributed by atoms with Crippen molar-refractivity contribution in [2.24, 2.45) is 0 Å². The molecule has 2 heterocycles. The van der Waals surface area contributed by atoms with E-state index in [4.69, 9.17) is 28.4 Å². The normalized spacial score (nSPS) is 13.4. The zero-order valence-electron chi connectivity index (χ0n) is 35.6. The Balaban J connectivity index is 1.36. The van der Waals surface area contributed by atoms with Crippen LogP contribution in [-0.4, -0.2) is 26.4 Å². The SMILES string of the molecule is CCCOc1c2cccc1Cc1cc3c(c(c1OCCC)Cc1cccc(c1OCCC)Cc1c(OCCC)c(cc4c1-c1ccccc1CO4)C2)-c1ccccc1CO3. The van der Waals surface area contributed by atoms with Gasteiger partial charge in [0.25, 0.3) is 0 Å². The molecule has 6 aromatic carbocycles. The van der Waals surface area contributed by atoms with Gasteiger partial charge in [0.1, 0.15) is 47.7 Å². The van der Waals surface area contributed by atoms with Gasteiger partial charge in [-0.1, -0.05) is 113 Å². The first-order valence-electron chi connectivity index (χ1n) is 22.1. The molecule has 6 aromatic rings. The third-order valence-corrected chi connectivity index (χ3v) is 11.8. The Labute approximate surface area is 355 Å². The molecule has 0 saturated carbocycles. The summed E-state index contributed by atoms with van der Waals surface area (Å²) >= 11 is 0. The number of fused-ring (bicyclic) bond motifs is 16. The molecule has 9 rings (SSSR count). The van der Waals surface area contributed by atoms with E-state index < -0.39 is 0 Å². The zero-order chi connectivity index (χ0) is 41.0. The maximum Gasteiger partial charge on any atom is 0.128 e. The number of rotatable bonds is 12. The molecule has 0 fully saturated rings. The summed E-state index contributed by atoms with van der Waals surface area (Å²) in [5, 5.41) is 0. The highest BCUT2D eigenvalue weighted by Gasteiger charge is 2.31. The molecule has 2 aliphatic heterocycles. The number of hydrogen-bond acceptors (Lipinski definition) is 6. The van der Waals surface area contributed by atoms with Gasteiger partial charge in [-0.05, 0) is 82.3 Å². The summed E-state index contributed by atoms with van der Waals surface area (Å²) in [7, 11) is 0. The van der Waals surface area contributed by atoms with Gasteiger partial charge in [-0.3, -0.25) is 0 Å². The Kier molecular flexibility index (Phi) is 11.7. The van der Waals surface area contributed by atoms with Gasteiger partial charge in [-0.25, -0.2) is 0 Å². The Bertz CT molecular complexity index is 2360. The van der Waals surface area contributed by atoms with E-state index in [1.54, 1.807) is 0 Å². The molecular formula is C54H56O6. The topological polar surface area (TPSA) is 55.4 Å². The molecule has 0 unspecified atom stereocenters. The molecule has 0 N–H and O–H groups in total. The molecule has 0 atom stereocenters. The maximum absolute atomic E-state index is 6.94. The van der Waals surface area contributed by atoms with Crippen molar-refractivity contribution in [3.63, 3.8) is 0 Å². The van der Waals surface area contributed by atoms with Gasteiger partial charge < -0.3 is 28.4 Å². The average molecular weight is 801 g/mol. The second-order valence-electron chi connectivity index (χ2n) is 16.2. The molecule has 6 nitrogen and oxygen atoms in total. The number of hydrogen-bond donors (Lipinski definition) is 0. The van der Waals surface area contributed by atoms with E-state index in [1.807, 2.05) is 0 Å². The highest BCUT2D eigenvalue weighted by Crippen LogP contribution is 2.51. The van der Waals surface area contributed by atoms with E-state index in [0.29, 0.717) is 65.3 Å². The summed E-state index contributed by atoms with van der Waals surface area (Å²) in [6.45, 7) is 12.1. The molecule has 0 radical (unpaired) electrons. The molecule has 3 aliphatic rings. The molecule has 0 spiro atoms. The molecule has 6 heteroatoms. The lowest BCUT2D eigenvalue weighted by molar-refractivity contribution is 0.293. The second-order valence-corrected chi connectivity index (χ2v) is 16.2. The summed E-state index contributed by atoms with van der Waals surface area (Å²) in [5.74, 6) is 5.46. The Morgan fingerprint density at radius 2 is 0.733 bits per heavy atom. The van der Waals surface area contributed by atoms with Gasteiger partial charge >= 0.3 is 0 Å². The van der Waals surface area contributed by atoms with Crippen molar-refractivity contribution in [1.29, 1.82) is 0 Å². The van der Waals surface area contributed by atoms with Crippen molar-refractivity contribution in [3.8, 4) is 56.8 Å². The van der Waals surface area contributed by atoms with Crippen molar-refractivity contribution in [1.82, 2.24) is 0 Å². The van der Waals surface area contributed by atoms with Crippen molar-refractivity contribution in [2.75, 3.05) is 26.4 Å². The lowest BCUT2D eigenvalue weighted by Gasteiger charge is -2.29. The van der Waals surface area contributed by atoms with E-state index in [-0.39, 0.29) is 0 Å². The predicted molar refractivity (Wildman–Crippen MR) is 240 cm³/mol.